The van der Waals surface area contributed by atoms with Gasteiger partial charge in [0.15, 0.2) is 0 Å². The largest absolute Gasteiger partial charge is 0.487 e. The molecule has 1 aromatic carbocycles. The van der Waals surface area contributed by atoms with Gasteiger partial charge in [0.25, 0.3) is 0 Å². The third-order valence-electron chi connectivity index (χ3n) is 3.71. The van der Waals surface area contributed by atoms with Gasteiger partial charge in [-0.15, -0.1) is 0 Å². The lowest BCUT2D eigenvalue weighted by molar-refractivity contribution is 0.0542. The summed E-state index contributed by atoms with van der Waals surface area (Å²) in [6, 6.07) is 5.13. The summed E-state index contributed by atoms with van der Waals surface area (Å²) in [5.74, 6) is 0.789. The minimum atomic E-state index is -3.27. The third-order valence-corrected chi connectivity index (χ3v) is 5.57. The highest BCUT2D eigenvalue weighted by molar-refractivity contribution is 7.89. The number of benzene rings is 1. The van der Waals surface area contributed by atoms with Crippen LogP contribution in [0.5, 0.6) is 5.75 Å². The quantitative estimate of drug-likeness (QED) is 0.868. The predicted octanol–water partition coefficient (Wildman–Crippen LogP) is 2.15. The van der Waals surface area contributed by atoms with Gasteiger partial charge in [0, 0.05) is 24.7 Å². The van der Waals surface area contributed by atoms with Crippen molar-refractivity contribution in [3.05, 3.63) is 23.8 Å². The standard InChI is InChI=1S/C14H22N2O3S/c1-5-20(17,18)16(4)12-9-14(2,3)19-13-7-6-10(15)8-11(12)13/h6-8,12H,5,9,15H2,1-4H3. The second-order valence-electron chi connectivity index (χ2n) is 5.80. The van der Waals surface area contributed by atoms with Crippen molar-refractivity contribution in [2.75, 3.05) is 18.5 Å². The molecule has 0 fully saturated rings. The van der Waals surface area contributed by atoms with E-state index in [1.54, 1.807) is 26.1 Å². The number of nitrogen functional groups attached to an aromatic ring is 1. The van der Waals surface area contributed by atoms with Crippen LogP contribution in [0.15, 0.2) is 18.2 Å². The van der Waals surface area contributed by atoms with Crippen LogP contribution in [0.3, 0.4) is 0 Å². The summed E-state index contributed by atoms with van der Waals surface area (Å²) in [6.07, 6.45) is 0.596. The summed E-state index contributed by atoms with van der Waals surface area (Å²) in [6.45, 7) is 5.58. The smallest absolute Gasteiger partial charge is 0.214 e. The predicted molar refractivity (Wildman–Crippen MR) is 80.1 cm³/mol. The zero-order valence-corrected chi connectivity index (χ0v) is 13.2. The van der Waals surface area contributed by atoms with Crippen molar-refractivity contribution in [1.29, 1.82) is 0 Å². The molecule has 2 rings (SSSR count). The van der Waals surface area contributed by atoms with E-state index < -0.39 is 15.6 Å². The zero-order valence-electron chi connectivity index (χ0n) is 12.4. The Balaban J connectivity index is 2.51. The molecule has 0 aromatic heterocycles. The third kappa shape index (κ3) is 2.76. The summed E-state index contributed by atoms with van der Waals surface area (Å²) in [7, 11) is -1.64. The topological polar surface area (TPSA) is 72.6 Å². The lowest BCUT2D eigenvalue weighted by Gasteiger charge is -2.40. The normalized spacial score (nSPS) is 21.4. The molecule has 5 nitrogen and oxygen atoms in total. The molecule has 0 saturated heterocycles. The van der Waals surface area contributed by atoms with E-state index in [0.717, 1.165) is 5.56 Å². The van der Waals surface area contributed by atoms with Crippen LogP contribution in [0.4, 0.5) is 5.69 Å². The maximum Gasteiger partial charge on any atom is 0.214 e. The first-order valence-corrected chi connectivity index (χ1v) is 8.31. The number of ether oxygens (including phenoxy) is 1. The van der Waals surface area contributed by atoms with Crippen molar-refractivity contribution in [3.63, 3.8) is 0 Å². The molecule has 1 aliphatic rings. The number of rotatable bonds is 3. The monoisotopic (exact) mass is 298 g/mol. The molecule has 0 amide bonds. The number of anilines is 1. The Labute approximate surface area is 120 Å². The van der Waals surface area contributed by atoms with Crippen molar-refractivity contribution in [1.82, 2.24) is 4.31 Å². The van der Waals surface area contributed by atoms with E-state index in [1.165, 1.54) is 4.31 Å². The van der Waals surface area contributed by atoms with Gasteiger partial charge < -0.3 is 10.5 Å². The van der Waals surface area contributed by atoms with E-state index in [2.05, 4.69) is 0 Å². The van der Waals surface area contributed by atoms with Gasteiger partial charge in [0.2, 0.25) is 10.0 Å². The zero-order chi connectivity index (χ0) is 15.1. The van der Waals surface area contributed by atoms with Crippen molar-refractivity contribution >= 4 is 15.7 Å². The fraction of sp³-hybridized carbons (Fsp3) is 0.571. The first-order chi connectivity index (χ1) is 9.16. The second kappa shape index (κ2) is 4.93. The fourth-order valence-electron chi connectivity index (χ4n) is 2.56. The van der Waals surface area contributed by atoms with Gasteiger partial charge in [0.05, 0.1) is 11.8 Å². The summed E-state index contributed by atoms with van der Waals surface area (Å²) < 4.78 is 31.7. The molecule has 112 valence electrons. The number of nitrogens with zero attached hydrogens (tertiary/aromatic N) is 1. The Morgan fingerprint density at radius 3 is 2.70 bits per heavy atom. The van der Waals surface area contributed by atoms with Gasteiger partial charge in [-0.1, -0.05) is 0 Å². The average molecular weight is 298 g/mol. The molecule has 2 N–H and O–H groups in total. The van der Waals surface area contributed by atoms with E-state index >= 15 is 0 Å². The van der Waals surface area contributed by atoms with Crippen molar-refractivity contribution in [3.8, 4) is 5.75 Å². The van der Waals surface area contributed by atoms with Crippen molar-refractivity contribution in [2.24, 2.45) is 0 Å². The van der Waals surface area contributed by atoms with Gasteiger partial charge in [-0.05, 0) is 39.0 Å². The Hall–Kier alpha value is -1.27. The summed E-state index contributed by atoms with van der Waals surface area (Å²) in [5.41, 5.74) is 6.87. The van der Waals surface area contributed by atoms with Gasteiger partial charge in [-0.25, -0.2) is 8.42 Å². The van der Waals surface area contributed by atoms with E-state index in [1.807, 2.05) is 19.9 Å². The van der Waals surface area contributed by atoms with Gasteiger partial charge in [0.1, 0.15) is 11.4 Å². The molecular weight excluding hydrogens is 276 g/mol. The highest BCUT2D eigenvalue weighted by atomic mass is 32.2. The Morgan fingerprint density at radius 1 is 1.45 bits per heavy atom. The molecule has 1 atom stereocenters. The molecule has 20 heavy (non-hydrogen) atoms. The van der Waals surface area contributed by atoms with E-state index in [9.17, 15) is 8.42 Å². The summed E-state index contributed by atoms with van der Waals surface area (Å²) in [4.78, 5) is 0. The Bertz CT molecular complexity index is 611. The molecule has 6 heteroatoms. The van der Waals surface area contributed by atoms with Crippen LogP contribution in [0.25, 0.3) is 0 Å². The summed E-state index contributed by atoms with van der Waals surface area (Å²) >= 11 is 0. The first-order valence-electron chi connectivity index (χ1n) is 6.70. The van der Waals surface area contributed by atoms with Crippen LogP contribution >= 0.6 is 0 Å². The minimum Gasteiger partial charge on any atom is -0.487 e. The Kier molecular flexibility index (Phi) is 3.73. The number of nitrogens with two attached hydrogens (primary N) is 1. The fourth-order valence-corrected chi connectivity index (χ4v) is 3.54. The molecule has 0 aliphatic carbocycles. The van der Waals surface area contributed by atoms with Gasteiger partial charge in [-0.2, -0.15) is 4.31 Å². The van der Waals surface area contributed by atoms with Crippen LogP contribution in [0.1, 0.15) is 38.8 Å². The van der Waals surface area contributed by atoms with Crippen LogP contribution in [0, 0.1) is 0 Å². The molecule has 1 aliphatic heterocycles. The lowest BCUT2D eigenvalue weighted by atomic mass is 9.89. The van der Waals surface area contributed by atoms with E-state index in [4.69, 9.17) is 10.5 Å². The first kappa shape index (κ1) is 15.1. The molecule has 0 radical (unpaired) electrons. The molecule has 0 spiro atoms. The van der Waals surface area contributed by atoms with Crippen LogP contribution in [0.2, 0.25) is 0 Å². The van der Waals surface area contributed by atoms with Gasteiger partial charge in [-0.3, -0.25) is 0 Å². The molecule has 0 bridgehead atoms. The Morgan fingerprint density at radius 2 is 2.10 bits per heavy atom. The van der Waals surface area contributed by atoms with Crippen LogP contribution in [-0.4, -0.2) is 31.1 Å². The second-order valence-corrected chi connectivity index (χ2v) is 8.11. The average Bonchev–Trinajstić information content (AvgIpc) is 2.37. The lowest BCUT2D eigenvalue weighted by Crippen LogP contribution is -2.42. The number of hydrogen-bond donors (Lipinski definition) is 1. The van der Waals surface area contributed by atoms with Crippen molar-refractivity contribution in [2.45, 2.75) is 38.8 Å². The maximum absolute atomic E-state index is 12.2. The number of sulfonamides is 1. The highest BCUT2D eigenvalue weighted by Crippen LogP contribution is 2.43. The summed E-state index contributed by atoms with van der Waals surface area (Å²) in [5, 5.41) is 0. The van der Waals surface area contributed by atoms with E-state index in [0.29, 0.717) is 17.9 Å². The maximum atomic E-state index is 12.2. The molecule has 1 heterocycles. The van der Waals surface area contributed by atoms with E-state index in [-0.39, 0.29) is 11.8 Å². The molecule has 0 saturated carbocycles. The highest BCUT2D eigenvalue weighted by Gasteiger charge is 2.38. The minimum absolute atomic E-state index is 0.0823. The van der Waals surface area contributed by atoms with Crippen LogP contribution < -0.4 is 10.5 Å². The number of fused-ring (bicyclic) bond motifs is 1. The molecule has 1 unspecified atom stereocenters. The molecule has 1 aromatic rings. The molecular formula is C14H22N2O3S. The number of hydrogen-bond acceptors (Lipinski definition) is 4. The van der Waals surface area contributed by atoms with Crippen LogP contribution in [-0.2, 0) is 10.0 Å². The van der Waals surface area contributed by atoms with Gasteiger partial charge >= 0.3 is 0 Å². The van der Waals surface area contributed by atoms with Crippen molar-refractivity contribution < 1.29 is 13.2 Å². The SMILES string of the molecule is CCS(=O)(=O)N(C)C1CC(C)(C)Oc2ccc(N)cc21.